The molecule has 0 fully saturated rings. The molecular formula is C14H15N3O2. The van der Waals surface area contributed by atoms with E-state index >= 15 is 0 Å². The Bertz CT molecular complexity index is 632. The Balaban J connectivity index is 2.34. The van der Waals surface area contributed by atoms with Crippen molar-refractivity contribution in [2.75, 3.05) is 18.5 Å². The highest BCUT2D eigenvalue weighted by Gasteiger charge is 2.19. The summed E-state index contributed by atoms with van der Waals surface area (Å²) in [7, 11) is 0. The number of rotatable bonds is 4. The Kier molecular flexibility index (Phi) is 3.65. The van der Waals surface area contributed by atoms with E-state index in [-0.39, 0.29) is 13.2 Å². The predicted molar refractivity (Wildman–Crippen MR) is 72.7 cm³/mol. The zero-order valence-electron chi connectivity index (χ0n) is 10.6. The van der Waals surface area contributed by atoms with E-state index in [9.17, 15) is 5.11 Å². The van der Waals surface area contributed by atoms with Crippen molar-refractivity contribution in [1.29, 1.82) is 5.26 Å². The van der Waals surface area contributed by atoms with Gasteiger partial charge < -0.3 is 15.5 Å². The highest BCUT2D eigenvalue weighted by atomic mass is 16.3. The minimum atomic E-state index is -1.25. The minimum Gasteiger partial charge on any atom is -0.393 e. The average Bonchev–Trinajstić information content (AvgIpc) is 2.44. The molecule has 0 saturated carbocycles. The fourth-order valence-electron chi connectivity index (χ4n) is 1.67. The summed E-state index contributed by atoms with van der Waals surface area (Å²) in [6.07, 6.45) is 0. The molecule has 19 heavy (non-hydrogen) atoms. The van der Waals surface area contributed by atoms with Gasteiger partial charge in [0.25, 0.3) is 0 Å². The minimum absolute atomic E-state index is 0.115. The summed E-state index contributed by atoms with van der Waals surface area (Å²) in [5, 5.41) is 31.6. The Morgan fingerprint density at radius 3 is 2.84 bits per heavy atom. The maximum atomic E-state index is 9.74. The third kappa shape index (κ3) is 2.99. The summed E-state index contributed by atoms with van der Waals surface area (Å²) >= 11 is 0. The number of aromatic nitrogens is 1. The zero-order chi connectivity index (χ0) is 13.9. The average molecular weight is 257 g/mol. The molecule has 0 spiro atoms. The van der Waals surface area contributed by atoms with Crippen LogP contribution in [0, 0.1) is 11.3 Å². The normalized spacial score (nSPS) is 13.8. The molecule has 1 aromatic carbocycles. The van der Waals surface area contributed by atoms with Gasteiger partial charge in [-0.2, -0.15) is 5.26 Å². The number of pyridine rings is 1. The number of nitrogens with zero attached hydrogens (tertiary/aromatic N) is 2. The number of aliphatic hydroxyl groups excluding tert-OH is 1. The van der Waals surface area contributed by atoms with Gasteiger partial charge in [-0.1, -0.05) is 18.2 Å². The number of para-hydroxylation sites is 1. The van der Waals surface area contributed by atoms with Gasteiger partial charge in [-0.05, 0) is 19.1 Å². The Morgan fingerprint density at radius 2 is 2.16 bits per heavy atom. The van der Waals surface area contributed by atoms with Crippen LogP contribution in [0.15, 0.2) is 30.3 Å². The highest BCUT2D eigenvalue weighted by Crippen LogP contribution is 2.20. The Labute approximate surface area is 111 Å². The smallest absolute Gasteiger partial charge is 0.144 e. The lowest BCUT2D eigenvalue weighted by Crippen LogP contribution is -2.37. The van der Waals surface area contributed by atoms with E-state index in [2.05, 4.69) is 16.4 Å². The number of nitrogens with one attached hydrogen (secondary N) is 1. The van der Waals surface area contributed by atoms with Crippen LogP contribution in [0.5, 0.6) is 0 Å². The Morgan fingerprint density at radius 1 is 1.42 bits per heavy atom. The fraction of sp³-hybridized carbons (Fsp3) is 0.286. The maximum Gasteiger partial charge on any atom is 0.144 e. The summed E-state index contributed by atoms with van der Waals surface area (Å²) in [5.41, 5.74) is -0.0693. The quantitative estimate of drug-likeness (QED) is 0.767. The fourth-order valence-corrected chi connectivity index (χ4v) is 1.67. The molecule has 0 aliphatic heterocycles. The zero-order valence-corrected chi connectivity index (χ0v) is 10.6. The number of benzene rings is 1. The second kappa shape index (κ2) is 5.22. The molecule has 0 amide bonds. The lowest BCUT2D eigenvalue weighted by Gasteiger charge is -2.21. The van der Waals surface area contributed by atoms with E-state index in [1.54, 1.807) is 6.07 Å². The number of anilines is 1. The van der Waals surface area contributed by atoms with E-state index in [0.717, 1.165) is 10.9 Å². The molecule has 0 aliphatic rings. The van der Waals surface area contributed by atoms with Gasteiger partial charge in [0, 0.05) is 11.9 Å². The summed E-state index contributed by atoms with van der Waals surface area (Å²) in [5.74, 6) is 0.412. The number of hydrogen-bond donors (Lipinski definition) is 3. The molecule has 98 valence electrons. The van der Waals surface area contributed by atoms with Crippen LogP contribution in [0.1, 0.15) is 12.5 Å². The first-order chi connectivity index (χ1) is 9.05. The molecule has 1 atom stereocenters. The van der Waals surface area contributed by atoms with E-state index in [1.165, 1.54) is 6.92 Å². The van der Waals surface area contributed by atoms with Crippen LogP contribution in [0.2, 0.25) is 0 Å². The molecule has 1 aromatic heterocycles. The standard InChI is InChI=1S/C14H15N3O2/c1-14(19,9-18)8-16-13-11(7-15)6-10-4-2-3-5-12(10)17-13/h2-6,18-19H,8-9H2,1H3,(H,16,17). The monoisotopic (exact) mass is 257 g/mol. The largest absolute Gasteiger partial charge is 0.393 e. The van der Waals surface area contributed by atoms with Gasteiger partial charge in [-0.3, -0.25) is 0 Å². The number of hydrogen-bond acceptors (Lipinski definition) is 5. The molecule has 0 bridgehead atoms. The third-order valence-electron chi connectivity index (χ3n) is 2.82. The molecule has 2 aromatic rings. The van der Waals surface area contributed by atoms with Gasteiger partial charge in [-0.15, -0.1) is 0 Å². The summed E-state index contributed by atoms with van der Waals surface area (Å²) in [6, 6.07) is 11.3. The van der Waals surface area contributed by atoms with Gasteiger partial charge >= 0.3 is 0 Å². The molecule has 0 aliphatic carbocycles. The number of fused-ring (bicyclic) bond motifs is 1. The molecule has 0 radical (unpaired) electrons. The van der Waals surface area contributed by atoms with Crippen molar-refractivity contribution >= 4 is 16.7 Å². The van der Waals surface area contributed by atoms with Crippen molar-refractivity contribution in [3.05, 3.63) is 35.9 Å². The lowest BCUT2D eigenvalue weighted by molar-refractivity contribution is 0.0132. The molecule has 1 heterocycles. The van der Waals surface area contributed by atoms with Crippen molar-refractivity contribution < 1.29 is 10.2 Å². The molecule has 3 N–H and O–H groups in total. The van der Waals surface area contributed by atoms with E-state index in [1.807, 2.05) is 24.3 Å². The number of aliphatic hydroxyl groups is 2. The SMILES string of the molecule is CC(O)(CO)CNc1nc2ccccc2cc1C#N. The van der Waals surface area contributed by atoms with Gasteiger partial charge in [0.2, 0.25) is 0 Å². The van der Waals surface area contributed by atoms with Gasteiger partial charge in [0.1, 0.15) is 17.5 Å². The van der Waals surface area contributed by atoms with E-state index in [0.29, 0.717) is 11.4 Å². The van der Waals surface area contributed by atoms with E-state index in [4.69, 9.17) is 10.4 Å². The van der Waals surface area contributed by atoms with Crippen LogP contribution >= 0.6 is 0 Å². The molecule has 5 nitrogen and oxygen atoms in total. The van der Waals surface area contributed by atoms with Gasteiger partial charge in [-0.25, -0.2) is 4.98 Å². The van der Waals surface area contributed by atoms with Crippen LogP contribution in [0.25, 0.3) is 10.9 Å². The van der Waals surface area contributed by atoms with Gasteiger partial charge in [0.15, 0.2) is 0 Å². The van der Waals surface area contributed by atoms with Crippen molar-refractivity contribution in [3.8, 4) is 6.07 Å². The highest BCUT2D eigenvalue weighted by molar-refractivity contribution is 5.82. The van der Waals surface area contributed by atoms with Crippen molar-refractivity contribution in [3.63, 3.8) is 0 Å². The van der Waals surface area contributed by atoms with Crippen molar-refractivity contribution in [1.82, 2.24) is 4.98 Å². The molecular weight excluding hydrogens is 242 g/mol. The predicted octanol–water partition coefficient (Wildman–Crippen LogP) is 1.26. The lowest BCUT2D eigenvalue weighted by atomic mass is 10.1. The van der Waals surface area contributed by atoms with Crippen LogP contribution in [-0.2, 0) is 0 Å². The summed E-state index contributed by atoms with van der Waals surface area (Å²) < 4.78 is 0. The van der Waals surface area contributed by atoms with Crippen LogP contribution in [-0.4, -0.2) is 33.9 Å². The Hall–Kier alpha value is -2.16. The first kappa shape index (κ1) is 13.3. The summed E-state index contributed by atoms with van der Waals surface area (Å²) in [6.45, 7) is 1.26. The van der Waals surface area contributed by atoms with Gasteiger partial charge in [0.05, 0.1) is 17.7 Å². The van der Waals surface area contributed by atoms with Crippen molar-refractivity contribution in [2.24, 2.45) is 0 Å². The molecule has 1 unspecified atom stereocenters. The van der Waals surface area contributed by atoms with Crippen molar-refractivity contribution in [2.45, 2.75) is 12.5 Å². The molecule has 2 rings (SSSR count). The van der Waals surface area contributed by atoms with Crippen LogP contribution in [0.3, 0.4) is 0 Å². The molecule has 5 heteroatoms. The van der Waals surface area contributed by atoms with Crippen LogP contribution in [0.4, 0.5) is 5.82 Å². The molecule has 0 saturated heterocycles. The topological polar surface area (TPSA) is 89.2 Å². The van der Waals surface area contributed by atoms with E-state index < -0.39 is 5.60 Å². The maximum absolute atomic E-state index is 9.74. The first-order valence-corrected chi connectivity index (χ1v) is 5.93. The first-order valence-electron chi connectivity index (χ1n) is 5.93. The third-order valence-corrected chi connectivity index (χ3v) is 2.82. The summed E-state index contributed by atoms with van der Waals surface area (Å²) in [4.78, 5) is 4.36. The number of nitriles is 1. The second-order valence-corrected chi connectivity index (χ2v) is 4.70. The van der Waals surface area contributed by atoms with Crippen LogP contribution < -0.4 is 5.32 Å². The second-order valence-electron chi connectivity index (χ2n) is 4.70.